The van der Waals surface area contributed by atoms with Gasteiger partial charge in [0.05, 0.1) is 12.3 Å². The van der Waals surface area contributed by atoms with Gasteiger partial charge in [0.15, 0.2) is 0 Å². The lowest BCUT2D eigenvalue weighted by Crippen LogP contribution is -2.52. The number of carboxylic acid groups (broad SMARTS) is 1. The summed E-state index contributed by atoms with van der Waals surface area (Å²) in [6.45, 7) is 3.62. The van der Waals surface area contributed by atoms with E-state index in [2.05, 4.69) is 22.3 Å². The lowest BCUT2D eigenvalue weighted by atomic mass is 10.0. The quantitative estimate of drug-likeness (QED) is 0.321. The fraction of sp³-hybridized carbons (Fsp3) is 0.393. The Hall–Kier alpha value is -4.09. The highest BCUT2D eigenvalue weighted by Crippen LogP contribution is 2.33. The molecule has 1 atom stereocenters. The van der Waals surface area contributed by atoms with Crippen LogP contribution in [0, 0.1) is 0 Å². The molecule has 0 saturated carbocycles. The molecule has 2 aromatic heterocycles. The molecule has 0 spiro atoms. The van der Waals surface area contributed by atoms with Gasteiger partial charge in [-0.25, -0.2) is 4.98 Å². The number of piperidine rings is 1. The highest BCUT2D eigenvalue weighted by molar-refractivity contribution is 6.05. The second-order valence-electron chi connectivity index (χ2n) is 10.00. The van der Waals surface area contributed by atoms with Crippen LogP contribution in [0.5, 0.6) is 0 Å². The van der Waals surface area contributed by atoms with Gasteiger partial charge in [-0.15, -0.1) is 0 Å². The Bertz CT molecular complexity index is 1430. The van der Waals surface area contributed by atoms with E-state index >= 15 is 0 Å². The molecular weight excluding hydrogens is 502 g/mol. The van der Waals surface area contributed by atoms with E-state index in [1.54, 1.807) is 4.90 Å². The minimum atomic E-state index is -0.630. The van der Waals surface area contributed by atoms with Crippen molar-refractivity contribution in [2.45, 2.75) is 51.4 Å². The molecule has 0 radical (unpaired) electrons. The second kappa shape index (κ2) is 11.3. The van der Waals surface area contributed by atoms with Gasteiger partial charge in [-0.05, 0) is 67.7 Å². The molecule has 204 valence electrons. The highest BCUT2D eigenvalue weighted by Gasteiger charge is 2.39. The smallest absolute Gasteiger partial charge is 0.290 e. The van der Waals surface area contributed by atoms with Gasteiger partial charge in [0, 0.05) is 48.8 Å². The highest BCUT2D eigenvalue weighted by atomic mass is 16.3. The summed E-state index contributed by atoms with van der Waals surface area (Å²) >= 11 is 0. The van der Waals surface area contributed by atoms with Crippen molar-refractivity contribution in [2.24, 2.45) is 0 Å². The number of hydrogen-bond donors (Lipinski definition) is 3. The Balaban J connectivity index is 0.000000983. The Labute approximate surface area is 225 Å². The second-order valence-corrected chi connectivity index (χ2v) is 10.00. The van der Waals surface area contributed by atoms with Gasteiger partial charge in [0.2, 0.25) is 11.8 Å². The number of aliphatic hydroxyl groups is 1. The van der Waals surface area contributed by atoms with Crippen LogP contribution in [0.4, 0.5) is 0 Å². The largest absolute Gasteiger partial charge is 0.483 e. The number of amides is 3. The van der Waals surface area contributed by atoms with Crippen LogP contribution in [0.3, 0.4) is 0 Å². The Morgan fingerprint density at radius 2 is 1.87 bits per heavy atom. The number of likely N-dealkylation sites (tertiary alicyclic amines) is 1. The van der Waals surface area contributed by atoms with Crippen molar-refractivity contribution in [1.82, 2.24) is 24.7 Å². The van der Waals surface area contributed by atoms with Crippen LogP contribution in [-0.4, -0.2) is 79.5 Å². The molecule has 1 unspecified atom stereocenters. The number of aromatic nitrogens is 2. The van der Waals surface area contributed by atoms with E-state index in [0.29, 0.717) is 25.1 Å². The summed E-state index contributed by atoms with van der Waals surface area (Å²) in [5.41, 5.74) is 5.23. The molecule has 5 heterocycles. The first-order valence-electron chi connectivity index (χ1n) is 13.1. The number of carbonyl (C=O) groups is 4. The van der Waals surface area contributed by atoms with Crippen LogP contribution < -0.4 is 5.32 Å². The van der Waals surface area contributed by atoms with E-state index in [0.717, 1.165) is 47.5 Å². The molecular formula is C28H31N5O6. The summed E-state index contributed by atoms with van der Waals surface area (Å²) < 4.78 is 1.98. The predicted octanol–water partition coefficient (Wildman–Crippen LogP) is 1.75. The van der Waals surface area contributed by atoms with Crippen molar-refractivity contribution in [3.63, 3.8) is 0 Å². The van der Waals surface area contributed by atoms with Crippen molar-refractivity contribution in [3.8, 4) is 11.3 Å². The fourth-order valence-corrected chi connectivity index (χ4v) is 5.71. The third-order valence-electron chi connectivity index (χ3n) is 7.57. The molecule has 3 aromatic rings. The summed E-state index contributed by atoms with van der Waals surface area (Å²) in [5, 5.41) is 19.9. The molecule has 6 rings (SSSR count). The van der Waals surface area contributed by atoms with Crippen molar-refractivity contribution in [1.29, 1.82) is 0 Å². The Morgan fingerprint density at radius 1 is 1.10 bits per heavy atom. The average molecular weight is 534 g/mol. The molecule has 39 heavy (non-hydrogen) atoms. The summed E-state index contributed by atoms with van der Waals surface area (Å²) in [5.74, 6) is -0.878. The number of hydrogen-bond acceptors (Lipinski definition) is 7. The number of rotatable bonds is 6. The molecule has 3 amide bonds. The van der Waals surface area contributed by atoms with Crippen molar-refractivity contribution in [2.75, 3.05) is 19.7 Å². The number of nitrogens with one attached hydrogen (secondary N) is 1. The fourth-order valence-electron chi connectivity index (χ4n) is 5.71. The first kappa shape index (κ1) is 26.5. The summed E-state index contributed by atoms with van der Waals surface area (Å²) in [4.78, 5) is 54.4. The minimum absolute atomic E-state index is 0.0360. The third-order valence-corrected chi connectivity index (χ3v) is 7.57. The van der Waals surface area contributed by atoms with E-state index in [-0.39, 0.29) is 31.3 Å². The van der Waals surface area contributed by atoms with Crippen LogP contribution >= 0.6 is 0 Å². The van der Waals surface area contributed by atoms with Crippen LogP contribution in [0.15, 0.2) is 36.5 Å². The van der Waals surface area contributed by atoms with Gasteiger partial charge in [-0.1, -0.05) is 6.07 Å². The van der Waals surface area contributed by atoms with Gasteiger partial charge >= 0.3 is 0 Å². The molecule has 11 nitrogen and oxygen atoms in total. The maximum atomic E-state index is 13.1. The summed E-state index contributed by atoms with van der Waals surface area (Å²) in [6.07, 6.45) is 4.99. The summed E-state index contributed by atoms with van der Waals surface area (Å²) in [7, 11) is 0. The van der Waals surface area contributed by atoms with Gasteiger partial charge in [-0.3, -0.25) is 29.4 Å². The van der Waals surface area contributed by atoms with Crippen LogP contribution in [0.1, 0.15) is 47.2 Å². The molecule has 3 aliphatic rings. The van der Waals surface area contributed by atoms with E-state index in [9.17, 15) is 19.5 Å². The standard InChI is InChI=1S/C27H29N5O4.CH2O2/c33-12-11-31-10-7-20-19(15-30-8-1-2-9-30)14-22(28-25(20)31)17-3-4-21-18(13-17)16-32(27(21)36)23-5-6-24(34)29-26(23)35;2-1-3/h3-4,7,10,13-14,23,33H,1-2,5-6,8-9,11-12,15-16H2,(H,29,34,35);1H,(H,2,3). The average Bonchev–Trinajstić information content (AvgIpc) is 3.65. The molecule has 0 bridgehead atoms. The first-order chi connectivity index (χ1) is 18.9. The van der Waals surface area contributed by atoms with E-state index in [4.69, 9.17) is 14.9 Å². The van der Waals surface area contributed by atoms with Gasteiger partial charge in [0.1, 0.15) is 11.7 Å². The first-order valence-corrected chi connectivity index (χ1v) is 13.1. The zero-order valence-electron chi connectivity index (χ0n) is 21.5. The van der Waals surface area contributed by atoms with Gasteiger partial charge < -0.3 is 19.7 Å². The predicted molar refractivity (Wildman–Crippen MR) is 142 cm³/mol. The Kier molecular flexibility index (Phi) is 7.71. The molecule has 0 aliphatic carbocycles. The molecule has 2 saturated heterocycles. The number of imide groups is 1. The normalized spacial score (nSPS) is 19.2. The number of pyridine rings is 1. The molecule has 3 N–H and O–H groups in total. The van der Waals surface area contributed by atoms with E-state index < -0.39 is 11.9 Å². The molecule has 11 heteroatoms. The van der Waals surface area contributed by atoms with Gasteiger partial charge in [-0.2, -0.15) is 0 Å². The van der Waals surface area contributed by atoms with E-state index in [1.165, 1.54) is 18.4 Å². The molecule has 3 aliphatic heterocycles. The maximum absolute atomic E-state index is 13.1. The number of fused-ring (bicyclic) bond motifs is 2. The molecule has 2 fully saturated rings. The van der Waals surface area contributed by atoms with Crippen molar-refractivity contribution < 1.29 is 29.4 Å². The van der Waals surface area contributed by atoms with Crippen LogP contribution in [0.2, 0.25) is 0 Å². The number of nitrogens with zero attached hydrogens (tertiary/aromatic N) is 4. The van der Waals surface area contributed by atoms with E-state index in [1.807, 2.05) is 29.0 Å². The lowest BCUT2D eigenvalue weighted by molar-refractivity contribution is -0.137. The molecule has 1 aromatic carbocycles. The topological polar surface area (TPSA) is 145 Å². The van der Waals surface area contributed by atoms with Crippen molar-refractivity contribution in [3.05, 3.63) is 53.2 Å². The van der Waals surface area contributed by atoms with Crippen molar-refractivity contribution >= 4 is 35.2 Å². The van der Waals surface area contributed by atoms with Crippen LogP contribution in [0.25, 0.3) is 22.3 Å². The lowest BCUT2D eigenvalue weighted by Gasteiger charge is -2.29. The van der Waals surface area contributed by atoms with Crippen LogP contribution in [-0.2, 0) is 34.0 Å². The minimum Gasteiger partial charge on any atom is -0.483 e. The number of aliphatic hydroxyl groups excluding tert-OH is 1. The SMILES string of the molecule is O=C1CCC(N2Cc3cc(-c4cc(CN5CCCC5)c5ccn(CCO)c5n4)ccc3C2=O)C(=O)N1.O=CO. The van der Waals surface area contributed by atoms with Gasteiger partial charge in [0.25, 0.3) is 12.4 Å². The zero-order chi connectivity index (χ0) is 27.5. The number of carbonyl (C=O) groups excluding carboxylic acids is 3. The number of benzene rings is 1. The summed E-state index contributed by atoms with van der Waals surface area (Å²) in [6, 6.07) is 9.31. The Morgan fingerprint density at radius 3 is 2.59 bits per heavy atom. The zero-order valence-corrected chi connectivity index (χ0v) is 21.5. The third kappa shape index (κ3) is 5.27. The monoisotopic (exact) mass is 533 g/mol. The maximum Gasteiger partial charge on any atom is 0.290 e.